The number of alkyl carbamates (subject to hydrolysis) is 1. The van der Waals surface area contributed by atoms with Crippen molar-refractivity contribution in [2.45, 2.75) is 52.3 Å². The van der Waals surface area contributed by atoms with Crippen LogP contribution in [0.2, 0.25) is 0 Å². The first-order valence-electron chi connectivity index (χ1n) is 7.11. The summed E-state index contributed by atoms with van der Waals surface area (Å²) >= 11 is 0. The summed E-state index contributed by atoms with van der Waals surface area (Å²) in [5, 5.41) is 6.24. The standard InChI is InChI=1S/C15H27N3O2/c1-6-13(10-17-14(19)20-15(2,3)4)16-9-12-7-8-18(5)11-12/h7-8,11,13,16H,6,9-10H2,1-5H3,(H,17,19). The maximum absolute atomic E-state index is 11.6. The van der Waals surface area contributed by atoms with Crippen molar-refractivity contribution in [2.75, 3.05) is 6.54 Å². The second kappa shape index (κ2) is 7.33. The van der Waals surface area contributed by atoms with E-state index in [0.717, 1.165) is 13.0 Å². The minimum absolute atomic E-state index is 0.239. The molecular weight excluding hydrogens is 254 g/mol. The van der Waals surface area contributed by atoms with Gasteiger partial charge in [-0.1, -0.05) is 6.92 Å². The number of carbonyl (C=O) groups excluding carboxylic acids is 1. The molecule has 0 aliphatic carbocycles. The number of hydrogen-bond acceptors (Lipinski definition) is 3. The Hall–Kier alpha value is -1.49. The number of hydrogen-bond donors (Lipinski definition) is 2. The largest absolute Gasteiger partial charge is 0.444 e. The lowest BCUT2D eigenvalue weighted by Gasteiger charge is -2.22. The predicted octanol–water partition coefficient (Wildman–Crippen LogP) is 2.42. The van der Waals surface area contributed by atoms with Gasteiger partial charge in [-0.2, -0.15) is 0 Å². The molecular formula is C15H27N3O2. The summed E-state index contributed by atoms with van der Waals surface area (Å²) in [5.41, 5.74) is 0.784. The Balaban J connectivity index is 2.30. The zero-order valence-corrected chi connectivity index (χ0v) is 13.2. The van der Waals surface area contributed by atoms with Crippen molar-refractivity contribution in [2.24, 2.45) is 7.05 Å². The predicted molar refractivity (Wildman–Crippen MR) is 80.6 cm³/mol. The van der Waals surface area contributed by atoms with Crippen LogP contribution in [0.3, 0.4) is 0 Å². The van der Waals surface area contributed by atoms with Gasteiger partial charge in [0.15, 0.2) is 0 Å². The summed E-state index contributed by atoms with van der Waals surface area (Å²) in [5.74, 6) is 0. The molecule has 0 radical (unpaired) electrons. The highest BCUT2D eigenvalue weighted by molar-refractivity contribution is 5.67. The van der Waals surface area contributed by atoms with Crippen LogP contribution < -0.4 is 10.6 Å². The first-order chi connectivity index (χ1) is 9.30. The normalized spacial score (nSPS) is 13.1. The van der Waals surface area contributed by atoms with Crippen LogP contribution in [0.1, 0.15) is 39.7 Å². The lowest BCUT2D eigenvalue weighted by molar-refractivity contribution is 0.0522. The average Bonchev–Trinajstić information content (AvgIpc) is 2.73. The lowest BCUT2D eigenvalue weighted by Crippen LogP contribution is -2.42. The van der Waals surface area contributed by atoms with Crippen molar-refractivity contribution in [3.05, 3.63) is 24.0 Å². The number of amides is 1. The number of aryl methyl sites for hydroxylation is 1. The van der Waals surface area contributed by atoms with Gasteiger partial charge in [-0.05, 0) is 38.8 Å². The van der Waals surface area contributed by atoms with Crippen LogP contribution in [-0.4, -0.2) is 28.8 Å². The SMILES string of the molecule is CCC(CNC(=O)OC(C)(C)C)NCc1ccn(C)c1. The molecule has 1 aromatic rings. The Morgan fingerprint density at radius 1 is 1.45 bits per heavy atom. The number of ether oxygens (including phenoxy) is 1. The van der Waals surface area contributed by atoms with Gasteiger partial charge >= 0.3 is 6.09 Å². The second-order valence-corrected chi connectivity index (χ2v) is 6.05. The molecule has 0 aromatic carbocycles. The molecule has 5 nitrogen and oxygen atoms in total. The average molecular weight is 281 g/mol. The molecule has 1 amide bonds. The minimum atomic E-state index is -0.455. The van der Waals surface area contributed by atoms with E-state index in [1.54, 1.807) is 0 Å². The smallest absolute Gasteiger partial charge is 0.407 e. The molecule has 2 N–H and O–H groups in total. The number of nitrogens with one attached hydrogen (secondary N) is 2. The van der Waals surface area contributed by atoms with Gasteiger partial charge in [-0.15, -0.1) is 0 Å². The van der Waals surface area contributed by atoms with Crippen LogP contribution in [0.15, 0.2) is 18.5 Å². The lowest BCUT2D eigenvalue weighted by atomic mass is 10.2. The number of rotatable bonds is 6. The third-order valence-electron chi connectivity index (χ3n) is 2.87. The molecule has 0 aliphatic heterocycles. The first-order valence-corrected chi connectivity index (χ1v) is 7.11. The van der Waals surface area contributed by atoms with E-state index in [4.69, 9.17) is 4.74 Å². The summed E-state index contributed by atoms with van der Waals surface area (Å²) in [6.07, 6.45) is 4.69. The van der Waals surface area contributed by atoms with Gasteiger partial charge in [-0.3, -0.25) is 0 Å². The van der Waals surface area contributed by atoms with E-state index >= 15 is 0 Å². The van der Waals surface area contributed by atoms with Gasteiger partial charge in [0, 0.05) is 38.6 Å². The van der Waals surface area contributed by atoms with Crippen LogP contribution in [0, 0.1) is 0 Å². The van der Waals surface area contributed by atoms with Gasteiger partial charge in [0.1, 0.15) is 5.60 Å². The van der Waals surface area contributed by atoms with E-state index in [9.17, 15) is 4.79 Å². The molecule has 1 atom stereocenters. The van der Waals surface area contributed by atoms with E-state index < -0.39 is 5.60 Å². The van der Waals surface area contributed by atoms with Gasteiger partial charge < -0.3 is 19.9 Å². The molecule has 0 fully saturated rings. The van der Waals surface area contributed by atoms with Gasteiger partial charge in [0.25, 0.3) is 0 Å². The molecule has 114 valence electrons. The zero-order chi connectivity index (χ0) is 15.2. The summed E-state index contributed by atoms with van der Waals surface area (Å²) in [7, 11) is 2.00. The molecule has 0 aliphatic rings. The monoisotopic (exact) mass is 281 g/mol. The van der Waals surface area contributed by atoms with Gasteiger partial charge in [0.05, 0.1) is 0 Å². The molecule has 1 aromatic heterocycles. The summed E-state index contributed by atoms with van der Waals surface area (Å²) in [6, 6.07) is 2.32. The van der Waals surface area contributed by atoms with Crippen LogP contribution >= 0.6 is 0 Å². The molecule has 1 rings (SSSR count). The van der Waals surface area contributed by atoms with Crippen LogP contribution in [0.25, 0.3) is 0 Å². The van der Waals surface area contributed by atoms with Crippen molar-refractivity contribution in [3.63, 3.8) is 0 Å². The minimum Gasteiger partial charge on any atom is -0.444 e. The number of aromatic nitrogens is 1. The van der Waals surface area contributed by atoms with Crippen molar-refractivity contribution >= 4 is 6.09 Å². The molecule has 1 unspecified atom stereocenters. The third kappa shape index (κ3) is 6.61. The fourth-order valence-corrected chi connectivity index (χ4v) is 1.81. The van der Waals surface area contributed by atoms with Crippen molar-refractivity contribution in [1.29, 1.82) is 0 Å². The van der Waals surface area contributed by atoms with Crippen molar-refractivity contribution < 1.29 is 9.53 Å². The maximum atomic E-state index is 11.6. The molecule has 5 heteroatoms. The van der Waals surface area contributed by atoms with E-state index in [0.29, 0.717) is 6.54 Å². The van der Waals surface area contributed by atoms with Crippen LogP contribution in [0.5, 0.6) is 0 Å². The van der Waals surface area contributed by atoms with E-state index in [2.05, 4.69) is 29.8 Å². The fraction of sp³-hybridized carbons (Fsp3) is 0.667. The summed E-state index contributed by atoms with van der Waals surface area (Å²) in [4.78, 5) is 11.6. The third-order valence-corrected chi connectivity index (χ3v) is 2.87. The maximum Gasteiger partial charge on any atom is 0.407 e. The Kier molecular flexibility index (Phi) is 6.07. The number of carbonyl (C=O) groups is 1. The molecule has 0 spiro atoms. The van der Waals surface area contributed by atoms with Crippen molar-refractivity contribution in [3.8, 4) is 0 Å². The summed E-state index contributed by atoms with van der Waals surface area (Å²) in [6.45, 7) is 9.04. The van der Waals surface area contributed by atoms with Crippen molar-refractivity contribution in [1.82, 2.24) is 15.2 Å². The van der Waals surface area contributed by atoms with Crippen LogP contribution in [0.4, 0.5) is 4.79 Å². The Labute approximate surface area is 121 Å². The highest BCUT2D eigenvalue weighted by atomic mass is 16.6. The highest BCUT2D eigenvalue weighted by Crippen LogP contribution is 2.06. The van der Waals surface area contributed by atoms with E-state index in [1.165, 1.54) is 5.56 Å². The second-order valence-electron chi connectivity index (χ2n) is 6.05. The van der Waals surface area contributed by atoms with Crippen LogP contribution in [-0.2, 0) is 18.3 Å². The fourth-order valence-electron chi connectivity index (χ4n) is 1.81. The highest BCUT2D eigenvalue weighted by Gasteiger charge is 2.16. The number of nitrogens with zero attached hydrogens (tertiary/aromatic N) is 1. The van der Waals surface area contributed by atoms with E-state index in [-0.39, 0.29) is 12.1 Å². The molecule has 0 bridgehead atoms. The Bertz CT molecular complexity index is 421. The molecule has 1 heterocycles. The Morgan fingerprint density at radius 3 is 2.65 bits per heavy atom. The summed E-state index contributed by atoms with van der Waals surface area (Å²) < 4.78 is 7.24. The zero-order valence-electron chi connectivity index (χ0n) is 13.2. The Morgan fingerprint density at radius 2 is 2.15 bits per heavy atom. The van der Waals surface area contributed by atoms with Gasteiger partial charge in [0.2, 0.25) is 0 Å². The topological polar surface area (TPSA) is 55.3 Å². The molecule has 0 saturated heterocycles. The first kappa shape index (κ1) is 16.6. The molecule has 0 saturated carbocycles. The molecule has 20 heavy (non-hydrogen) atoms. The van der Waals surface area contributed by atoms with Gasteiger partial charge in [-0.25, -0.2) is 4.79 Å². The van der Waals surface area contributed by atoms with E-state index in [1.807, 2.05) is 38.6 Å². The quantitative estimate of drug-likeness (QED) is 0.842.